The van der Waals surface area contributed by atoms with Crippen LogP contribution >= 0.6 is 0 Å². The molecule has 1 fully saturated rings. The summed E-state index contributed by atoms with van der Waals surface area (Å²) in [6.07, 6.45) is 0.727. The first-order chi connectivity index (χ1) is 16.9. The predicted molar refractivity (Wildman–Crippen MR) is 134 cm³/mol. The van der Waals surface area contributed by atoms with E-state index in [1.807, 2.05) is 31.2 Å². The van der Waals surface area contributed by atoms with Gasteiger partial charge in [0.1, 0.15) is 30.0 Å². The average molecular weight is 476 g/mol. The van der Waals surface area contributed by atoms with Gasteiger partial charge in [-0.1, -0.05) is 25.1 Å². The minimum Gasteiger partial charge on any atom is -0.508 e. The maximum Gasteiger partial charge on any atom is 0.165 e. The minimum absolute atomic E-state index is 0.116. The first kappa shape index (κ1) is 23.2. The molecule has 0 saturated carbocycles. The summed E-state index contributed by atoms with van der Waals surface area (Å²) in [5.41, 5.74) is 4.06. The Hall–Kier alpha value is -3.51. The fraction of sp³-hybridized carbons (Fsp3) is 0.310. The highest BCUT2D eigenvalue weighted by Gasteiger charge is 2.30. The van der Waals surface area contributed by atoms with E-state index in [0.717, 1.165) is 53.6 Å². The van der Waals surface area contributed by atoms with Gasteiger partial charge in [0.05, 0.1) is 0 Å². The zero-order chi connectivity index (χ0) is 24.5. The fourth-order valence-corrected chi connectivity index (χ4v) is 4.98. The Morgan fingerprint density at radius 2 is 1.86 bits per heavy atom. The van der Waals surface area contributed by atoms with Crippen LogP contribution in [-0.2, 0) is 0 Å². The molecule has 1 saturated heterocycles. The SMILES string of the molecule is CC1=C(c2ccc(O)c(F)c2)[C@H](c2ccc(OCCN3CC[C@@H](C)C3)cc2)Oc2cc(O)ccc21. The molecule has 0 bridgehead atoms. The third-order valence-electron chi connectivity index (χ3n) is 6.91. The van der Waals surface area contributed by atoms with Crippen LogP contribution in [0.15, 0.2) is 60.7 Å². The number of phenols is 2. The largest absolute Gasteiger partial charge is 0.508 e. The molecule has 3 aromatic carbocycles. The summed E-state index contributed by atoms with van der Waals surface area (Å²) in [4.78, 5) is 2.43. The highest BCUT2D eigenvalue weighted by molar-refractivity contribution is 5.95. The van der Waals surface area contributed by atoms with Gasteiger partial charge in [-0.25, -0.2) is 4.39 Å². The molecule has 2 heterocycles. The standard InChI is InChI=1S/C29H30FNO4/c1-18-11-12-31(17-18)13-14-34-23-7-3-20(4-8-23)29-28(21-5-10-26(33)25(30)15-21)19(2)24-9-6-22(32)16-27(24)35-29/h3-10,15-16,18,29,32-33H,11-14,17H2,1-2H3/t18-,29+/m1/s1. The smallest absolute Gasteiger partial charge is 0.165 e. The number of hydrogen-bond donors (Lipinski definition) is 2. The van der Waals surface area contributed by atoms with Gasteiger partial charge in [0.15, 0.2) is 11.6 Å². The predicted octanol–water partition coefficient (Wildman–Crippen LogP) is 6.02. The molecule has 182 valence electrons. The van der Waals surface area contributed by atoms with Gasteiger partial charge in [-0.2, -0.15) is 0 Å². The summed E-state index contributed by atoms with van der Waals surface area (Å²) in [7, 11) is 0. The van der Waals surface area contributed by atoms with Crippen molar-refractivity contribution in [3.05, 3.63) is 83.2 Å². The Morgan fingerprint density at radius 3 is 2.57 bits per heavy atom. The lowest BCUT2D eigenvalue weighted by Crippen LogP contribution is -2.25. The molecule has 35 heavy (non-hydrogen) atoms. The molecule has 0 unspecified atom stereocenters. The van der Waals surface area contributed by atoms with E-state index in [9.17, 15) is 14.6 Å². The molecule has 0 radical (unpaired) electrons. The Morgan fingerprint density at radius 1 is 1.06 bits per heavy atom. The van der Waals surface area contributed by atoms with Crippen LogP contribution in [0.2, 0.25) is 0 Å². The number of fused-ring (bicyclic) bond motifs is 1. The number of benzene rings is 3. The molecule has 0 amide bonds. The maximum atomic E-state index is 14.3. The van der Waals surface area contributed by atoms with Crippen molar-refractivity contribution in [1.29, 1.82) is 0 Å². The Balaban J connectivity index is 1.41. The van der Waals surface area contributed by atoms with E-state index < -0.39 is 17.7 Å². The van der Waals surface area contributed by atoms with Crippen LogP contribution < -0.4 is 9.47 Å². The summed E-state index contributed by atoms with van der Waals surface area (Å²) in [5, 5.41) is 19.7. The highest BCUT2D eigenvalue weighted by atomic mass is 19.1. The number of halogens is 1. The number of aromatic hydroxyl groups is 2. The lowest BCUT2D eigenvalue weighted by atomic mass is 9.86. The van der Waals surface area contributed by atoms with Gasteiger partial charge in [-0.05, 0) is 78.9 Å². The topological polar surface area (TPSA) is 62.2 Å². The number of nitrogens with zero attached hydrogens (tertiary/aromatic N) is 1. The summed E-state index contributed by atoms with van der Waals surface area (Å²) >= 11 is 0. The van der Waals surface area contributed by atoms with Crippen LogP contribution in [0.3, 0.4) is 0 Å². The van der Waals surface area contributed by atoms with E-state index in [0.29, 0.717) is 17.9 Å². The number of likely N-dealkylation sites (tertiary alicyclic amines) is 1. The summed E-state index contributed by atoms with van der Waals surface area (Å²) < 4.78 is 26.6. The molecular weight excluding hydrogens is 445 g/mol. The molecule has 5 rings (SSSR count). The monoisotopic (exact) mass is 475 g/mol. The van der Waals surface area contributed by atoms with Crippen molar-refractivity contribution in [2.75, 3.05) is 26.2 Å². The number of ether oxygens (including phenoxy) is 2. The number of rotatable bonds is 6. The molecule has 0 spiro atoms. The van der Waals surface area contributed by atoms with E-state index >= 15 is 0 Å². The Labute approximate surface area is 205 Å². The van der Waals surface area contributed by atoms with Gasteiger partial charge in [0.2, 0.25) is 0 Å². The molecular formula is C29H30FNO4. The van der Waals surface area contributed by atoms with Crippen molar-refractivity contribution in [3.8, 4) is 23.0 Å². The third kappa shape index (κ3) is 4.84. The van der Waals surface area contributed by atoms with Crippen LogP contribution in [0.1, 0.15) is 43.1 Å². The minimum atomic E-state index is -0.686. The van der Waals surface area contributed by atoms with Crippen molar-refractivity contribution in [2.45, 2.75) is 26.4 Å². The second kappa shape index (κ2) is 9.62. The molecule has 3 aromatic rings. The number of allylic oxidation sites excluding steroid dienone is 1. The van der Waals surface area contributed by atoms with Crippen molar-refractivity contribution < 1.29 is 24.1 Å². The normalized spacial score (nSPS) is 20.0. The second-order valence-electron chi connectivity index (χ2n) is 9.50. The molecule has 6 heteroatoms. The van der Waals surface area contributed by atoms with Gasteiger partial charge >= 0.3 is 0 Å². The maximum absolute atomic E-state index is 14.3. The average Bonchev–Trinajstić information content (AvgIpc) is 3.26. The van der Waals surface area contributed by atoms with E-state index in [-0.39, 0.29) is 5.75 Å². The Bertz CT molecular complexity index is 1250. The Kier molecular flexibility index (Phi) is 6.39. The lowest BCUT2D eigenvalue weighted by molar-refractivity contribution is 0.233. The van der Waals surface area contributed by atoms with E-state index in [1.165, 1.54) is 18.6 Å². The van der Waals surface area contributed by atoms with E-state index in [1.54, 1.807) is 24.3 Å². The summed E-state index contributed by atoms with van der Waals surface area (Å²) in [6, 6.07) is 17.1. The third-order valence-corrected chi connectivity index (χ3v) is 6.91. The van der Waals surface area contributed by atoms with Crippen LogP contribution in [-0.4, -0.2) is 41.4 Å². The first-order valence-corrected chi connectivity index (χ1v) is 12.0. The van der Waals surface area contributed by atoms with E-state index in [2.05, 4.69) is 11.8 Å². The van der Waals surface area contributed by atoms with Crippen molar-refractivity contribution in [1.82, 2.24) is 4.90 Å². The van der Waals surface area contributed by atoms with Gasteiger partial charge in [0.25, 0.3) is 0 Å². The summed E-state index contributed by atoms with van der Waals surface area (Å²) in [6.45, 7) is 8.05. The molecule has 0 aromatic heterocycles. The van der Waals surface area contributed by atoms with Gasteiger partial charge in [-0.15, -0.1) is 0 Å². The van der Waals surface area contributed by atoms with Crippen LogP contribution in [0, 0.1) is 11.7 Å². The number of hydrogen-bond acceptors (Lipinski definition) is 5. The highest BCUT2D eigenvalue weighted by Crippen LogP contribution is 2.47. The van der Waals surface area contributed by atoms with E-state index in [4.69, 9.17) is 9.47 Å². The van der Waals surface area contributed by atoms with Gasteiger partial charge in [0, 0.05) is 30.3 Å². The molecule has 2 aliphatic rings. The van der Waals surface area contributed by atoms with Crippen LogP contribution in [0.25, 0.3) is 11.1 Å². The first-order valence-electron chi connectivity index (χ1n) is 12.0. The lowest BCUT2D eigenvalue weighted by Gasteiger charge is -2.31. The quantitative estimate of drug-likeness (QED) is 0.456. The van der Waals surface area contributed by atoms with Crippen molar-refractivity contribution in [2.24, 2.45) is 5.92 Å². The van der Waals surface area contributed by atoms with Gasteiger partial charge in [-0.3, -0.25) is 4.90 Å². The zero-order valence-corrected chi connectivity index (χ0v) is 20.0. The molecule has 2 aliphatic heterocycles. The van der Waals surface area contributed by atoms with Crippen molar-refractivity contribution >= 4 is 11.1 Å². The summed E-state index contributed by atoms with van der Waals surface area (Å²) in [5.74, 6) is 1.14. The van der Waals surface area contributed by atoms with Crippen molar-refractivity contribution in [3.63, 3.8) is 0 Å². The number of phenolic OH excluding ortho intramolecular Hbond substituents is 2. The second-order valence-corrected chi connectivity index (χ2v) is 9.50. The molecule has 2 N–H and O–H groups in total. The molecule has 0 aliphatic carbocycles. The van der Waals surface area contributed by atoms with Crippen LogP contribution in [0.4, 0.5) is 4.39 Å². The van der Waals surface area contributed by atoms with Crippen LogP contribution in [0.5, 0.6) is 23.0 Å². The zero-order valence-electron chi connectivity index (χ0n) is 20.0. The fourth-order valence-electron chi connectivity index (χ4n) is 4.98. The molecule has 2 atom stereocenters. The molecule has 5 nitrogen and oxygen atoms in total. The van der Waals surface area contributed by atoms with Gasteiger partial charge < -0.3 is 19.7 Å².